The predicted molar refractivity (Wildman–Crippen MR) is 125 cm³/mol. The number of aryl methyl sites for hydroxylation is 4. The van der Waals surface area contributed by atoms with Gasteiger partial charge in [-0.3, -0.25) is 4.52 Å². The van der Waals surface area contributed by atoms with E-state index in [9.17, 15) is 0 Å². The summed E-state index contributed by atoms with van der Waals surface area (Å²) in [7, 11) is 0.119. The highest BCUT2D eigenvalue weighted by molar-refractivity contribution is 7.31. The molecule has 1 aromatic heterocycles. The molecule has 0 aliphatic heterocycles. The Kier molecular flexibility index (Phi) is 5.47. The number of hydrogen-bond acceptors (Lipinski definition) is 3. The van der Waals surface area contributed by atoms with E-state index in [4.69, 9.17) is 12.9 Å². The molecule has 0 radical (unpaired) electrons. The van der Waals surface area contributed by atoms with Crippen LogP contribution in [0, 0.1) is 27.7 Å². The molecule has 0 bridgehead atoms. The van der Waals surface area contributed by atoms with Crippen molar-refractivity contribution in [3.8, 4) is 0 Å². The molecule has 0 unspecified atom stereocenters. The standard InChI is InChI=1S/C25H35O3P/c1-14-12-18(24(5,6)7)22-20(16(14)3)21-17(4)15(2)13-19(25(8,9)10)23(21)28-29(26-11)27-22/h12-13H,1-11H3. The average Bonchev–Trinajstić information content (AvgIpc) is 2.76. The van der Waals surface area contributed by atoms with Crippen molar-refractivity contribution in [1.82, 2.24) is 0 Å². The van der Waals surface area contributed by atoms with E-state index in [0.29, 0.717) is 0 Å². The smallest absolute Gasteiger partial charge is 0.387 e. The van der Waals surface area contributed by atoms with Gasteiger partial charge in [0.1, 0.15) is 11.2 Å². The van der Waals surface area contributed by atoms with E-state index in [1.807, 2.05) is 0 Å². The normalized spacial score (nSPS) is 12.8. The van der Waals surface area contributed by atoms with E-state index in [-0.39, 0.29) is 10.8 Å². The Morgan fingerprint density at radius 1 is 0.690 bits per heavy atom. The van der Waals surface area contributed by atoms with Crippen molar-refractivity contribution in [1.29, 1.82) is 0 Å². The largest absolute Gasteiger partial charge is 0.399 e. The topological polar surface area (TPSA) is 35.5 Å². The first-order chi connectivity index (χ1) is 13.3. The van der Waals surface area contributed by atoms with Gasteiger partial charge in [-0.25, -0.2) is 0 Å². The average molecular weight is 415 g/mol. The van der Waals surface area contributed by atoms with Gasteiger partial charge in [0.15, 0.2) is 0 Å². The quantitative estimate of drug-likeness (QED) is 0.403. The zero-order valence-electron chi connectivity index (χ0n) is 19.8. The van der Waals surface area contributed by atoms with Crippen molar-refractivity contribution < 1.29 is 12.9 Å². The van der Waals surface area contributed by atoms with Crippen molar-refractivity contribution in [3.05, 3.63) is 45.5 Å². The van der Waals surface area contributed by atoms with Crippen LogP contribution >= 0.6 is 8.24 Å². The predicted octanol–water partition coefficient (Wildman–Crippen LogP) is 8.18. The van der Waals surface area contributed by atoms with Crippen molar-refractivity contribution in [2.45, 2.75) is 80.1 Å². The molecule has 158 valence electrons. The van der Waals surface area contributed by atoms with Gasteiger partial charge in [-0.1, -0.05) is 53.7 Å². The molecule has 3 rings (SSSR count). The second-order valence-corrected chi connectivity index (χ2v) is 11.4. The molecule has 0 saturated heterocycles. The van der Waals surface area contributed by atoms with Crippen LogP contribution in [0.2, 0.25) is 0 Å². The van der Waals surface area contributed by atoms with Crippen molar-refractivity contribution in [2.24, 2.45) is 0 Å². The summed E-state index contributed by atoms with van der Waals surface area (Å²) in [4.78, 5) is 0. The van der Waals surface area contributed by atoms with Gasteiger partial charge in [-0.15, -0.1) is 0 Å². The first kappa shape index (κ1) is 22.0. The van der Waals surface area contributed by atoms with Crippen LogP contribution in [0.5, 0.6) is 0 Å². The van der Waals surface area contributed by atoms with E-state index < -0.39 is 8.24 Å². The van der Waals surface area contributed by atoms with Crippen LogP contribution in [-0.4, -0.2) is 7.11 Å². The molecule has 1 heterocycles. The van der Waals surface area contributed by atoms with Gasteiger partial charge in [-0.05, 0) is 60.8 Å². The summed E-state index contributed by atoms with van der Waals surface area (Å²) < 4.78 is 18.6. The molecule has 0 aliphatic rings. The highest BCUT2D eigenvalue weighted by Gasteiger charge is 2.26. The summed E-state index contributed by atoms with van der Waals surface area (Å²) in [6.45, 7) is 22.1. The maximum absolute atomic E-state index is 6.46. The minimum absolute atomic E-state index is 0.0631. The Labute approximate surface area is 176 Å². The molecule has 3 aromatic rings. The molecule has 0 fully saturated rings. The van der Waals surface area contributed by atoms with E-state index in [1.54, 1.807) is 7.11 Å². The van der Waals surface area contributed by atoms with Gasteiger partial charge < -0.3 is 8.39 Å². The second-order valence-electron chi connectivity index (χ2n) is 10.2. The highest BCUT2D eigenvalue weighted by Crippen LogP contribution is 2.44. The van der Waals surface area contributed by atoms with E-state index in [0.717, 1.165) is 21.9 Å². The van der Waals surface area contributed by atoms with Gasteiger partial charge in [0.05, 0.1) is 7.11 Å². The second kappa shape index (κ2) is 7.22. The van der Waals surface area contributed by atoms with Crippen LogP contribution in [0.15, 0.2) is 20.5 Å². The number of benzene rings is 2. The minimum Gasteiger partial charge on any atom is -0.399 e. The number of hydrogen-bond donors (Lipinski definition) is 0. The Bertz CT molecular complexity index is 1050. The van der Waals surface area contributed by atoms with Crippen LogP contribution in [0.1, 0.15) is 74.9 Å². The molecule has 0 amide bonds. The lowest BCUT2D eigenvalue weighted by molar-refractivity contribution is 0.450. The number of rotatable bonds is 1. The van der Waals surface area contributed by atoms with Crippen LogP contribution < -0.4 is 4.52 Å². The summed E-state index contributed by atoms with van der Waals surface area (Å²) in [5.41, 5.74) is 9.07. The molecular weight excluding hydrogens is 379 g/mol. The number of fused-ring (bicyclic) bond motifs is 3. The Balaban J connectivity index is 2.82. The third-order valence-electron chi connectivity index (χ3n) is 5.94. The van der Waals surface area contributed by atoms with Crippen LogP contribution in [0.3, 0.4) is 0 Å². The van der Waals surface area contributed by atoms with E-state index in [1.165, 1.54) is 33.4 Å². The third-order valence-corrected chi connectivity index (χ3v) is 6.91. The SMILES string of the molecule is COp1oc2c(C(C)(C)C)cc(C)c(C)c2c2c(C)c(C)cc(C(C)(C)C)c2o1. The fourth-order valence-electron chi connectivity index (χ4n) is 3.93. The van der Waals surface area contributed by atoms with Gasteiger partial charge in [0.25, 0.3) is 0 Å². The van der Waals surface area contributed by atoms with Crippen LogP contribution in [0.25, 0.3) is 21.9 Å². The lowest BCUT2D eigenvalue weighted by atomic mass is 9.81. The fraction of sp³-hybridized carbons (Fsp3) is 0.520. The Hall–Kier alpha value is -1.70. The van der Waals surface area contributed by atoms with Crippen molar-refractivity contribution in [3.63, 3.8) is 0 Å². The van der Waals surface area contributed by atoms with Gasteiger partial charge in [0.2, 0.25) is 0 Å². The fourth-order valence-corrected chi connectivity index (χ4v) is 4.80. The monoisotopic (exact) mass is 414 g/mol. The molecule has 4 heteroatoms. The van der Waals surface area contributed by atoms with Gasteiger partial charge in [-0.2, -0.15) is 0 Å². The van der Waals surface area contributed by atoms with E-state index in [2.05, 4.69) is 81.4 Å². The lowest BCUT2D eigenvalue weighted by Gasteiger charge is -2.23. The first-order valence-corrected chi connectivity index (χ1v) is 11.4. The zero-order chi connectivity index (χ0) is 21.9. The summed E-state index contributed by atoms with van der Waals surface area (Å²) in [5, 5.41) is 2.30. The molecule has 2 aromatic carbocycles. The first-order valence-electron chi connectivity index (χ1n) is 10.3. The molecule has 0 N–H and O–H groups in total. The maximum Gasteiger partial charge on any atom is 0.387 e. The van der Waals surface area contributed by atoms with Crippen LogP contribution in [-0.2, 0) is 10.8 Å². The molecule has 3 nitrogen and oxygen atoms in total. The van der Waals surface area contributed by atoms with E-state index >= 15 is 0 Å². The summed E-state index contributed by atoms with van der Waals surface area (Å²) >= 11 is 0. The summed E-state index contributed by atoms with van der Waals surface area (Å²) in [6, 6.07) is 4.52. The minimum atomic E-state index is -1.54. The van der Waals surface area contributed by atoms with Gasteiger partial charge in [0, 0.05) is 21.9 Å². The molecule has 0 spiro atoms. The Morgan fingerprint density at radius 2 is 1.03 bits per heavy atom. The van der Waals surface area contributed by atoms with Crippen LogP contribution in [0.4, 0.5) is 0 Å². The summed E-state index contributed by atoms with van der Waals surface area (Å²) in [5.74, 6) is 0. The highest BCUT2D eigenvalue weighted by atomic mass is 31.1. The zero-order valence-corrected chi connectivity index (χ0v) is 20.7. The van der Waals surface area contributed by atoms with Gasteiger partial charge >= 0.3 is 8.24 Å². The molecule has 0 aliphatic carbocycles. The third kappa shape index (κ3) is 3.76. The summed E-state index contributed by atoms with van der Waals surface area (Å²) in [6.07, 6.45) is 0. The maximum atomic E-state index is 6.46. The van der Waals surface area contributed by atoms with Crippen molar-refractivity contribution in [2.75, 3.05) is 7.11 Å². The Morgan fingerprint density at radius 3 is 1.31 bits per heavy atom. The molecule has 0 saturated carbocycles. The molecular formula is C25H35O3P. The molecule has 0 atom stereocenters. The lowest BCUT2D eigenvalue weighted by Crippen LogP contribution is -2.13. The molecule has 29 heavy (non-hydrogen) atoms. The van der Waals surface area contributed by atoms with Crippen molar-refractivity contribution >= 4 is 30.2 Å².